The molecule has 0 aliphatic heterocycles. The summed E-state index contributed by atoms with van der Waals surface area (Å²) in [6, 6.07) is 14.7. The van der Waals surface area contributed by atoms with E-state index < -0.39 is 24.5 Å². The predicted molar refractivity (Wildman–Crippen MR) is 144 cm³/mol. The lowest BCUT2D eigenvalue weighted by atomic mass is 9.43. The SMILES string of the molecule is CNC(=O)c1c(-c2ccc(F)cc2)oc2cc(OCC(F)(F)F)c(-c3cccc(C(=O)NC45CC(C4)C5C)c3)cc12. The molecular formula is C31H26F4N2O4. The van der Waals surface area contributed by atoms with Gasteiger partial charge in [0.25, 0.3) is 11.8 Å². The number of alkyl halides is 3. The summed E-state index contributed by atoms with van der Waals surface area (Å²) in [6.07, 6.45) is -2.71. The minimum absolute atomic E-state index is 0.107. The Kier molecular flexibility index (Phi) is 6.32. The number of ether oxygens (including phenoxy) is 1. The van der Waals surface area contributed by atoms with Gasteiger partial charge in [0.05, 0.1) is 5.56 Å². The molecule has 1 aromatic heterocycles. The van der Waals surface area contributed by atoms with Crippen LogP contribution in [0.15, 0.2) is 65.1 Å². The fourth-order valence-corrected chi connectivity index (χ4v) is 5.86. The first kappa shape index (κ1) is 26.9. The summed E-state index contributed by atoms with van der Waals surface area (Å²) in [5.74, 6) is -0.196. The van der Waals surface area contributed by atoms with Crippen LogP contribution in [0.3, 0.4) is 0 Å². The molecule has 0 saturated heterocycles. The first-order valence-corrected chi connectivity index (χ1v) is 13.2. The average molecular weight is 567 g/mol. The highest BCUT2D eigenvalue weighted by atomic mass is 19.4. The van der Waals surface area contributed by atoms with Crippen LogP contribution in [0.5, 0.6) is 5.75 Å². The summed E-state index contributed by atoms with van der Waals surface area (Å²) in [5, 5.41) is 6.01. The number of amides is 2. The second kappa shape index (κ2) is 9.64. The molecular weight excluding hydrogens is 540 g/mol. The van der Waals surface area contributed by atoms with Gasteiger partial charge in [0.2, 0.25) is 0 Å². The number of hydrogen-bond acceptors (Lipinski definition) is 4. The number of carbonyl (C=O) groups excluding carboxylic acids is 2. The molecule has 2 amide bonds. The van der Waals surface area contributed by atoms with Crippen LogP contribution in [0.1, 0.15) is 40.5 Å². The van der Waals surface area contributed by atoms with Gasteiger partial charge in [-0.05, 0) is 72.7 Å². The molecule has 4 aromatic rings. The maximum Gasteiger partial charge on any atom is 0.422 e. The van der Waals surface area contributed by atoms with Gasteiger partial charge in [0.15, 0.2) is 6.61 Å². The summed E-state index contributed by atoms with van der Waals surface area (Å²) >= 11 is 0. The minimum Gasteiger partial charge on any atom is -0.483 e. The molecule has 7 rings (SSSR count). The maximum atomic E-state index is 13.6. The first-order chi connectivity index (χ1) is 19.5. The second-order valence-corrected chi connectivity index (χ2v) is 10.8. The van der Waals surface area contributed by atoms with Crippen molar-refractivity contribution in [1.82, 2.24) is 10.6 Å². The lowest BCUT2D eigenvalue weighted by Gasteiger charge is -2.67. The van der Waals surface area contributed by atoms with Gasteiger partial charge in [-0.15, -0.1) is 0 Å². The normalized spacial score (nSPS) is 21.1. The zero-order valence-electron chi connectivity index (χ0n) is 22.2. The number of rotatable bonds is 7. The van der Waals surface area contributed by atoms with Gasteiger partial charge in [-0.25, -0.2) is 4.39 Å². The van der Waals surface area contributed by atoms with E-state index in [9.17, 15) is 27.2 Å². The van der Waals surface area contributed by atoms with E-state index in [-0.39, 0.29) is 39.7 Å². The van der Waals surface area contributed by atoms with Crippen molar-refractivity contribution >= 4 is 22.8 Å². The Hall–Kier alpha value is -4.34. The molecule has 6 nitrogen and oxygen atoms in total. The van der Waals surface area contributed by atoms with E-state index in [0.29, 0.717) is 33.9 Å². The average Bonchev–Trinajstić information content (AvgIpc) is 3.31. The molecule has 2 bridgehead atoms. The zero-order valence-corrected chi connectivity index (χ0v) is 22.2. The molecule has 0 spiro atoms. The van der Waals surface area contributed by atoms with Crippen LogP contribution in [0.2, 0.25) is 0 Å². The molecule has 3 aromatic carbocycles. The molecule has 41 heavy (non-hydrogen) atoms. The molecule has 1 heterocycles. The Morgan fingerprint density at radius 3 is 2.37 bits per heavy atom. The highest BCUT2D eigenvalue weighted by Crippen LogP contribution is 2.61. The van der Waals surface area contributed by atoms with Gasteiger partial charge in [-0.2, -0.15) is 13.2 Å². The van der Waals surface area contributed by atoms with Crippen LogP contribution in [0.25, 0.3) is 33.4 Å². The molecule has 3 fully saturated rings. The quantitative estimate of drug-likeness (QED) is 0.243. The zero-order chi connectivity index (χ0) is 29.1. The molecule has 0 radical (unpaired) electrons. The summed E-state index contributed by atoms with van der Waals surface area (Å²) in [5.41, 5.74) is 1.48. The lowest BCUT2D eigenvalue weighted by molar-refractivity contribution is -0.153. The van der Waals surface area contributed by atoms with Gasteiger partial charge < -0.3 is 19.8 Å². The smallest absolute Gasteiger partial charge is 0.422 e. The van der Waals surface area contributed by atoms with Crippen molar-refractivity contribution in [3.05, 3.63) is 77.6 Å². The van der Waals surface area contributed by atoms with Crippen molar-refractivity contribution in [2.75, 3.05) is 13.7 Å². The Bertz CT molecular complexity index is 1670. The van der Waals surface area contributed by atoms with E-state index in [1.165, 1.54) is 43.4 Å². The van der Waals surface area contributed by atoms with E-state index in [1.54, 1.807) is 24.3 Å². The summed E-state index contributed by atoms with van der Waals surface area (Å²) in [4.78, 5) is 26.1. The predicted octanol–water partition coefficient (Wildman–Crippen LogP) is 6.73. The Balaban J connectivity index is 1.46. The van der Waals surface area contributed by atoms with Crippen LogP contribution >= 0.6 is 0 Å². The van der Waals surface area contributed by atoms with Crippen molar-refractivity contribution in [2.45, 2.75) is 31.5 Å². The topological polar surface area (TPSA) is 80.6 Å². The molecule has 212 valence electrons. The third-order valence-corrected chi connectivity index (χ3v) is 8.37. The van der Waals surface area contributed by atoms with Gasteiger partial charge in [-0.1, -0.05) is 19.1 Å². The monoisotopic (exact) mass is 566 g/mol. The van der Waals surface area contributed by atoms with Gasteiger partial charge in [-0.3, -0.25) is 9.59 Å². The van der Waals surface area contributed by atoms with Crippen molar-refractivity contribution in [3.63, 3.8) is 0 Å². The highest BCUT2D eigenvalue weighted by molar-refractivity contribution is 6.12. The number of furan rings is 1. The summed E-state index contributed by atoms with van der Waals surface area (Å²) in [7, 11) is 1.44. The Labute approximate surface area is 232 Å². The van der Waals surface area contributed by atoms with Crippen molar-refractivity contribution < 1.29 is 36.3 Å². The number of fused-ring (bicyclic) bond motifs is 1. The third-order valence-electron chi connectivity index (χ3n) is 8.37. The molecule has 1 atom stereocenters. The van der Waals surface area contributed by atoms with Crippen LogP contribution in [0.4, 0.5) is 17.6 Å². The fourth-order valence-electron chi connectivity index (χ4n) is 5.86. The molecule has 3 aliphatic rings. The van der Waals surface area contributed by atoms with Gasteiger partial charge in [0.1, 0.15) is 22.9 Å². The number of carbonyl (C=O) groups is 2. The fraction of sp³-hybridized carbons (Fsp3) is 0.290. The number of benzene rings is 3. The number of hydrogen-bond donors (Lipinski definition) is 2. The van der Waals surface area contributed by atoms with Crippen LogP contribution < -0.4 is 15.4 Å². The van der Waals surface area contributed by atoms with Crippen LogP contribution in [-0.4, -0.2) is 37.2 Å². The Morgan fingerprint density at radius 1 is 1.02 bits per heavy atom. The standard InChI is InChI=1S/C31H26F4N2O4/c1-16-20-13-30(16,14-20)37-28(38)19-5-3-4-18(10-19)22-11-23-25(12-24(22)40-15-31(33,34)35)41-27(26(23)29(39)36-2)17-6-8-21(32)9-7-17/h3-12,16,20H,13-15H2,1-2H3,(H,36,39)(H,37,38). The molecule has 3 aliphatic carbocycles. The number of halogens is 4. The van der Waals surface area contributed by atoms with Gasteiger partial charge in [0, 0.05) is 40.7 Å². The van der Waals surface area contributed by atoms with Crippen molar-refractivity contribution in [1.29, 1.82) is 0 Å². The van der Waals surface area contributed by atoms with E-state index in [0.717, 1.165) is 12.8 Å². The van der Waals surface area contributed by atoms with Gasteiger partial charge >= 0.3 is 6.18 Å². The maximum absolute atomic E-state index is 13.6. The molecule has 2 N–H and O–H groups in total. The van der Waals surface area contributed by atoms with Crippen LogP contribution in [0, 0.1) is 17.7 Å². The first-order valence-electron chi connectivity index (χ1n) is 13.2. The minimum atomic E-state index is -4.61. The largest absolute Gasteiger partial charge is 0.483 e. The van der Waals surface area contributed by atoms with Crippen molar-refractivity contribution in [2.24, 2.45) is 11.8 Å². The highest BCUT2D eigenvalue weighted by Gasteiger charge is 2.63. The lowest BCUT2D eigenvalue weighted by Crippen LogP contribution is -2.74. The van der Waals surface area contributed by atoms with Crippen LogP contribution in [-0.2, 0) is 0 Å². The summed E-state index contributed by atoms with van der Waals surface area (Å²) < 4.78 is 64.3. The van der Waals surface area contributed by atoms with Crippen molar-refractivity contribution in [3.8, 4) is 28.2 Å². The van der Waals surface area contributed by atoms with E-state index >= 15 is 0 Å². The van der Waals surface area contributed by atoms with E-state index in [1.807, 2.05) is 0 Å². The molecule has 3 saturated carbocycles. The Morgan fingerprint density at radius 2 is 1.76 bits per heavy atom. The second-order valence-electron chi connectivity index (χ2n) is 10.8. The summed E-state index contributed by atoms with van der Waals surface area (Å²) in [6.45, 7) is 0.560. The van der Waals surface area contributed by atoms with E-state index in [4.69, 9.17) is 9.15 Å². The third kappa shape index (κ3) is 4.71. The van der Waals surface area contributed by atoms with E-state index in [2.05, 4.69) is 17.6 Å². The number of nitrogens with one attached hydrogen (secondary N) is 2. The molecule has 10 heteroatoms. The molecule has 1 unspecified atom stereocenters.